The van der Waals surface area contributed by atoms with E-state index in [9.17, 15) is 44.3 Å². The van der Waals surface area contributed by atoms with Crippen molar-refractivity contribution in [2.45, 2.75) is 121 Å². The van der Waals surface area contributed by atoms with Gasteiger partial charge in [-0.2, -0.15) is 39.5 Å². The summed E-state index contributed by atoms with van der Waals surface area (Å²) in [5.41, 5.74) is 0. The Kier molecular flexibility index (Phi) is 13.5. The Labute approximate surface area is 202 Å². The third kappa shape index (κ3) is 8.70. The van der Waals surface area contributed by atoms with Crippen LogP contribution in [0.2, 0.25) is 0 Å². The fourth-order valence-electron chi connectivity index (χ4n) is 3.97. The molecule has 0 fully saturated rings. The summed E-state index contributed by atoms with van der Waals surface area (Å²) in [7, 11) is 1.03. The van der Waals surface area contributed by atoms with Gasteiger partial charge in [0.2, 0.25) is 5.91 Å². The van der Waals surface area contributed by atoms with Crippen LogP contribution in [-0.4, -0.2) is 60.6 Å². The number of alkyl halides is 9. The molecular formula is C23H40F9N2O+. The van der Waals surface area contributed by atoms with E-state index in [4.69, 9.17) is 0 Å². The summed E-state index contributed by atoms with van der Waals surface area (Å²) < 4.78 is 122. The van der Waals surface area contributed by atoms with Crippen LogP contribution in [-0.2, 0) is 4.79 Å². The minimum atomic E-state index is -6.94. The average Bonchev–Trinajstić information content (AvgIpc) is 2.76. The highest BCUT2D eigenvalue weighted by Crippen LogP contribution is 2.55. The van der Waals surface area contributed by atoms with Crippen molar-refractivity contribution in [3.63, 3.8) is 0 Å². The number of carbonyl (C=O) groups is 1. The molecule has 0 saturated heterocycles. The third-order valence-electron chi connectivity index (χ3n) is 6.52. The monoisotopic (exact) mass is 531 g/mol. The van der Waals surface area contributed by atoms with Crippen molar-refractivity contribution in [3.8, 4) is 0 Å². The topological polar surface area (TPSA) is 29.1 Å². The van der Waals surface area contributed by atoms with Gasteiger partial charge in [-0.3, -0.25) is 4.79 Å². The van der Waals surface area contributed by atoms with Gasteiger partial charge in [0.15, 0.2) is 12.7 Å². The van der Waals surface area contributed by atoms with Crippen LogP contribution in [0, 0.1) is 0 Å². The molecule has 0 aliphatic heterocycles. The van der Waals surface area contributed by atoms with Gasteiger partial charge in [0, 0.05) is 12.8 Å². The SMILES string of the molecule is CCCCCCCCCCC(=O)NC[N+](C)(CC)C(CCC)C(F)(F)C(F)(F)C(F)(F)C(F)(F)F. The molecule has 1 amide bonds. The second-order valence-electron chi connectivity index (χ2n) is 9.35. The fraction of sp³-hybridized carbons (Fsp3) is 0.957. The van der Waals surface area contributed by atoms with Crippen LogP contribution in [0.15, 0.2) is 0 Å². The molecule has 0 radical (unpaired) electrons. The average molecular weight is 532 g/mol. The molecule has 0 bridgehead atoms. The van der Waals surface area contributed by atoms with Crippen LogP contribution < -0.4 is 5.32 Å². The Hall–Kier alpha value is -1.20. The lowest BCUT2D eigenvalue weighted by molar-refractivity contribution is -0.944. The van der Waals surface area contributed by atoms with Crippen LogP contribution in [0.1, 0.15) is 91.4 Å². The van der Waals surface area contributed by atoms with Gasteiger partial charge >= 0.3 is 23.9 Å². The van der Waals surface area contributed by atoms with Crippen molar-refractivity contribution < 1.29 is 48.8 Å². The molecule has 0 rings (SSSR count). The van der Waals surface area contributed by atoms with E-state index in [1.165, 1.54) is 13.8 Å². The largest absolute Gasteiger partial charge is 0.460 e. The molecule has 0 spiro atoms. The highest BCUT2D eigenvalue weighted by Gasteiger charge is 2.84. The number of quaternary nitrogens is 1. The number of halogens is 9. The van der Waals surface area contributed by atoms with Gasteiger partial charge in [-0.15, -0.1) is 0 Å². The lowest BCUT2D eigenvalue weighted by atomic mass is 9.91. The number of rotatable bonds is 18. The minimum Gasteiger partial charge on any atom is -0.309 e. The molecule has 0 aliphatic carbocycles. The standard InChI is InChI=1S/C23H39F9N2O/c1-5-8-9-10-11-12-13-14-16-19(35)33-17-34(4,7-3)18(15-6-2)20(24,25)21(26,27)22(28,29)23(30,31)32/h18H,5-17H2,1-4H3/p+1. The molecule has 0 aromatic heterocycles. The van der Waals surface area contributed by atoms with E-state index in [-0.39, 0.29) is 19.4 Å². The molecule has 1 N–H and O–H groups in total. The highest BCUT2D eigenvalue weighted by atomic mass is 19.4. The molecule has 210 valence electrons. The Bertz CT molecular complexity index is 627. The number of unbranched alkanes of at least 4 members (excludes halogenated alkanes) is 7. The van der Waals surface area contributed by atoms with Gasteiger partial charge in [0.25, 0.3) is 0 Å². The zero-order valence-electron chi connectivity index (χ0n) is 21.0. The number of hydrogen-bond acceptors (Lipinski definition) is 1. The van der Waals surface area contributed by atoms with E-state index >= 15 is 0 Å². The Morgan fingerprint density at radius 3 is 1.66 bits per heavy atom. The van der Waals surface area contributed by atoms with E-state index in [2.05, 4.69) is 12.2 Å². The molecule has 35 heavy (non-hydrogen) atoms. The maximum absolute atomic E-state index is 14.8. The Balaban J connectivity index is 5.31. The lowest BCUT2D eigenvalue weighted by Gasteiger charge is -2.46. The van der Waals surface area contributed by atoms with Gasteiger partial charge in [-0.1, -0.05) is 65.2 Å². The molecule has 0 heterocycles. The normalized spacial score (nSPS) is 16.1. The maximum Gasteiger partial charge on any atom is 0.460 e. The lowest BCUT2D eigenvalue weighted by Crippen LogP contribution is -2.71. The second-order valence-corrected chi connectivity index (χ2v) is 9.35. The summed E-state index contributed by atoms with van der Waals surface area (Å²) in [5.74, 6) is -19.9. The van der Waals surface area contributed by atoms with Crippen LogP contribution in [0.5, 0.6) is 0 Å². The van der Waals surface area contributed by atoms with E-state index in [0.717, 1.165) is 52.0 Å². The van der Waals surface area contributed by atoms with Crippen molar-refractivity contribution >= 4 is 5.91 Å². The van der Waals surface area contributed by atoms with Crippen LogP contribution in [0.25, 0.3) is 0 Å². The summed E-state index contributed by atoms with van der Waals surface area (Å²) in [6.07, 6.45) is 0.0462. The summed E-state index contributed by atoms with van der Waals surface area (Å²) in [6, 6.07) is -2.59. The molecule has 0 aromatic rings. The van der Waals surface area contributed by atoms with E-state index in [1.807, 2.05) is 0 Å². The van der Waals surface area contributed by atoms with Gasteiger partial charge in [-0.25, -0.2) is 0 Å². The zero-order valence-corrected chi connectivity index (χ0v) is 21.0. The van der Waals surface area contributed by atoms with Gasteiger partial charge in [0.1, 0.15) is 0 Å². The van der Waals surface area contributed by atoms with Gasteiger partial charge < -0.3 is 9.80 Å². The number of carbonyl (C=O) groups excluding carboxylic acids is 1. The van der Waals surface area contributed by atoms with Crippen LogP contribution in [0.4, 0.5) is 39.5 Å². The molecular weight excluding hydrogens is 491 g/mol. The first kappa shape index (κ1) is 33.8. The molecule has 12 heteroatoms. The maximum atomic E-state index is 14.8. The first-order chi connectivity index (χ1) is 16.0. The predicted octanol–water partition coefficient (Wildman–Crippen LogP) is 7.69. The Morgan fingerprint density at radius 1 is 0.743 bits per heavy atom. The fourth-order valence-corrected chi connectivity index (χ4v) is 3.97. The summed E-state index contributed by atoms with van der Waals surface area (Å²) in [6.45, 7) is 3.81. The van der Waals surface area contributed by atoms with E-state index < -0.39 is 53.5 Å². The second kappa shape index (κ2) is 13.9. The Morgan fingerprint density at radius 2 is 1.23 bits per heavy atom. The number of hydrogen-bond donors (Lipinski definition) is 1. The van der Waals surface area contributed by atoms with Crippen LogP contribution in [0.3, 0.4) is 0 Å². The minimum absolute atomic E-state index is 0.0653. The first-order valence-electron chi connectivity index (χ1n) is 12.3. The third-order valence-corrected chi connectivity index (χ3v) is 6.52. The summed E-state index contributed by atoms with van der Waals surface area (Å²) in [5, 5.41) is 2.37. The molecule has 2 atom stereocenters. The van der Waals surface area contributed by atoms with Crippen molar-refractivity contribution in [2.24, 2.45) is 0 Å². The summed E-state index contributed by atoms with van der Waals surface area (Å²) in [4.78, 5) is 12.2. The highest BCUT2D eigenvalue weighted by molar-refractivity contribution is 5.75. The zero-order chi connectivity index (χ0) is 27.6. The number of nitrogens with zero attached hydrogens (tertiary/aromatic N) is 1. The molecule has 0 aromatic carbocycles. The van der Waals surface area contributed by atoms with Crippen LogP contribution >= 0.6 is 0 Å². The van der Waals surface area contributed by atoms with Gasteiger partial charge in [-0.05, 0) is 13.3 Å². The van der Waals surface area contributed by atoms with Gasteiger partial charge in [0.05, 0.1) is 13.6 Å². The molecule has 0 aliphatic rings. The van der Waals surface area contributed by atoms with Crippen molar-refractivity contribution in [3.05, 3.63) is 0 Å². The quantitative estimate of drug-likeness (QED) is 0.0835. The molecule has 3 nitrogen and oxygen atoms in total. The first-order valence-corrected chi connectivity index (χ1v) is 12.3. The van der Waals surface area contributed by atoms with Crippen molar-refractivity contribution in [1.82, 2.24) is 5.32 Å². The van der Waals surface area contributed by atoms with Crippen molar-refractivity contribution in [1.29, 1.82) is 0 Å². The smallest absolute Gasteiger partial charge is 0.309 e. The summed E-state index contributed by atoms with van der Waals surface area (Å²) >= 11 is 0. The predicted molar refractivity (Wildman–Crippen MR) is 117 cm³/mol. The van der Waals surface area contributed by atoms with E-state index in [0.29, 0.717) is 6.42 Å². The molecule has 2 unspecified atom stereocenters. The van der Waals surface area contributed by atoms with Crippen molar-refractivity contribution in [2.75, 3.05) is 20.3 Å². The molecule has 0 saturated carbocycles. The number of nitrogens with one attached hydrogen (secondary N) is 1. The number of amides is 1. The van der Waals surface area contributed by atoms with E-state index in [1.54, 1.807) is 0 Å².